The highest BCUT2D eigenvalue weighted by atomic mass is 32.2. The number of hydrogen-bond acceptors (Lipinski definition) is 8. The number of aromatic nitrogens is 5. The molecule has 0 aliphatic carbocycles. The molecule has 194 valence electrons. The Kier molecular flexibility index (Phi) is 7.85. The summed E-state index contributed by atoms with van der Waals surface area (Å²) in [6, 6.07) is 12.6. The number of benzene rings is 1. The predicted octanol–water partition coefficient (Wildman–Crippen LogP) is 4.45. The summed E-state index contributed by atoms with van der Waals surface area (Å²) in [6.07, 6.45) is 8.13. The maximum Gasteiger partial charge on any atom is 0.255 e. The number of rotatable bonds is 7. The third-order valence-corrected chi connectivity index (χ3v) is 7.32. The Hall–Kier alpha value is -3.25. The molecule has 0 spiro atoms. The van der Waals surface area contributed by atoms with E-state index in [0.717, 1.165) is 49.9 Å². The summed E-state index contributed by atoms with van der Waals surface area (Å²) in [7, 11) is 1.00. The van der Waals surface area contributed by atoms with Crippen LogP contribution in [0, 0.1) is 5.82 Å². The number of hydrogen-bond donors (Lipinski definition) is 2. The van der Waals surface area contributed by atoms with E-state index in [1.54, 1.807) is 41.0 Å². The van der Waals surface area contributed by atoms with E-state index >= 15 is 0 Å². The lowest BCUT2D eigenvalue weighted by Gasteiger charge is -2.24. The van der Waals surface area contributed by atoms with Crippen LogP contribution in [0.4, 0.5) is 4.39 Å². The summed E-state index contributed by atoms with van der Waals surface area (Å²) in [4.78, 5) is 4.23. The predicted molar refractivity (Wildman–Crippen MR) is 139 cm³/mol. The zero-order chi connectivity index (χ0) is 25.8. The zero-order valence-electron chi connectivity index (χ0n) is 20.4. The van der Waals surface area contributed by atoms with Crippen LogP contribution in [0.15, 0.2) is 61.1 Å². The van der Waals surface area contributed by atoms with Gasteiger partial charge in [-0.15, -0.1) is 11.8 Å². The first-order valence-electron chi connectivity index (χ1n) is 12.1. The maximum atomic E-state index is 14.9. The molecule has 3 unspecified atom stereocenters. The van der Waals surface area contributed by atoms with Crippen molar-refractivity contribution in [3.63, 3.8) is 0 Å². The molecule has 3 aromatic heterocycles. The lowest BCUT2D eigenvalue weighted by Crippen LogP contribution is -2.19. The van der Waals surface area contributed by atoms with E-state index < -0.39 is 5.82 Å². The fourth-order valence-electron chi connectivity index (χ4n) is 4.24. The van der Waals surface area contributed by atoms with E-state index in [-0.39, 0.29) is 17.5 Å². The van der Waals surface area contributed by atoms with Gasteiger partial charge < -0.3 is 20.3 Å². The number of nitrogens with zero attached hydrogens (tertiary/aromatic N) is 5. The average Bonchev–Trinajstić information content (AvgIpc) is 3.31. The molecular weight excluding hydrogens is 495 g/mol. The van der Waals surface area contributed by atoms with Gasteiger partial charge in [0.25, 0.3) is 5.88 Å². The number of thioether (sulfide) groups is 1. The molecule has 2 saturated heterocycles. The van der Waals surface area contributed by atoms with Crippen LogP contribution in [0.5, 0.6) is 11.6 Å². The van der Waals surface area contributed by atoms with Crippen LogP contribution < -0.4 is 10.5 Å². The van der Waals surface area contributed by atoms with Crippen molar-refractivity contribution in [3.05, 3.63) is 66.9 Å². The Balaban J connectivity index is 0.00000137. The van der Waals surface area contributed by atoms with Crippen LogP contribution in [0.2, 0.25) is 0 Å². The molecule has 37 heavy (non-hydrogen) atoms. The molecule has 1 aromatic carbocycles. The van der Waals surface area contributed by atoms with Crippen LogP contribution in [-0.4, -0.2) is 54.0 Å². The summed E-state index contributed by atoms with van der Waals surface area (Å²) in [6.45, 7) is 1.51. The second-order valence-corrected chi connectivity index (χ2v) is 10.1. The molecular formula is C26H29FN6O3S. The molecule has 0 bridgehead atoms. The molecule has 5 heterocycles. The molecule has 0 radical (unpaired) electrons. The Labute approximate surface area is 218 Å². The van der Waals surface area contributed by atoms with Crippen molar-refractivity contribution in [2.24, 2.45) is 5.73 Å². The van der Waals surface area contributed by atoms with Crippen molar-refractivity contribution in [2.45, 2.75) is 42.7 Å². The van der Waals surface area contributed by atoms with E-state index in [4.69, 9.17) is 20.3 Å². The van der Waals surface area contributed by atoms with Gasteiger partial charge in [0, 0.05) is 43.4 Å². The van der Waals surface area contributed by atoms with Crippen LogP contribution in [-0.2, 0) is 11.3 Å². The average molecular weight is 525 g/mol. The molecule has 3 atom stereocenters. The molecule has 4 aromatic rings. The normalized spacial score (nSPS) is 20.7. The Morgan fingerprint density at radius 3 is 2.68 bits per heavy atom. The summed E-state index contributed by atoms with van der Waals surface area (Å²) in [5.74, 6) is -0.129. The first-order valence-corrected chi connectivity index (χ1v) is 13.1. The zero-order valence-corrected chi connectivity index (χ0v) is 21.2. The summed E-state index contributed by atoms with van der Waals surface area (Å²) in [5, 5.41) is 16.7. The van der Waals surface area contributed by atoms with Gasteiger partial charge in [-0.2, -0.15) is 10.2 Å². The Bertz CT molecular complexity index is 1320. The second-order valence-electron chi connectivity index (χ2n) is 8.68. The van der Waals surface area contributed by atoms with Crippen molar-refractivity contribution in [3.8, 4) is 34.1 Å². The van der Waals surface area contributed by atoms with Crippen molar-refractivity contribution < 1.29 is 19.0 Å². The van der Waals surface area contributed by atoms with E-state index in [9.17, 15) is 4.39 Å². The van der Waals surface area contributed by atoms with Crippen molar-refractivity contribution in [1.82, 2.24) is 24.5 Å². The molecule has 2 aliphatic rings. The number of halogens is 1. The highest BCUT2D eigenvalue weighted by molar-refractivity contribution is 8.07. The Morgan fingerprint density at radius 1 is 1.16 bits per heavy atom. The summed E-state index contributed by atoms with van der Waals surface area (Å²) >= 11 is 1.76. The van der Waals surface area contributed by atoms with Crippen LogP contribution in [0.3, 0.4) is 0 Å². The van der Waals surface area contributed by atoms with Gasteiger partial charge in [0.1, 0.15) is 5.75 Å². The molecule has 3 N–H and O–H groups in total. The highest BCUT2D eigenvalue weighted by Crippen LogP contribution is 2.38. The number of aliphatic hydroxyl groups is 1. The molecule has 0 amide bonds. The van der Waals surface area contributed by atoms with Crippen LogP contribution in [0.1, 0.15) is 25.5 Å². The van der Waals surface area contributed by atoms with E-state index in [2.05, 4.69) is 15.2 Å². The Morgan fingerprint density at radius 2 is 1.97 bits per heavy atom. The first kappa shape index (κ1) is 25.4. The molecule has 2 fully saturated rings. The SMILES string of the molecule is CO.NC1SC1Cn1ccc(-c2ccc(Oc3ncc(-c4ccnn4C4CCCCO4)cc3F)cc2)n1. The van der Waals surface area contributed by atoms with Crippen molar-refractivity contribution in [2.75, 3.05) is 13.7 Å². The second kappa shape index (κ2) is 11.4. The minimum absolute atomic E-state index is 0.0796. The smallest absolute Gasteiger partial charge is 0.255 e. The lowest BCUT2D eigenvalue weighted by atomic mass is 10.1. The summed E-state index contributed by atoms with van der Waals surface area (Å²) in [5.41, 5.74) is 9.06. The van der Waals surface area contributed by atoms with Crippen LogP contribution >= 0.6 is 11.8 Å². The van der Waals surface area contributed by atoms with Gasteiger partial charge in [0.05, 0.1) is 28.6 Å². The topological polar surface area (TPSA) is 113 Å². The van der Waals surface area contributed by atoms with E-state index in [1.165, 1.54) is 6.07 Å². The van der Waals surface area contributed by atoms with Crippen molar-refractivity contribution in [1.29, 1.82) is 0 Å². The maximum absolute atomic E-state index is 14.9. The van der Waals surface area contributed by atoms with E-state index in [1.807, 2.05) is 35.1 Å². The van der Waals surface area contributed by atoms with E-state index in [0.29, 0.717) is 23.2 Å². The molecule has 11 heteroatoms. The summed E-state index contributed by atoms with van der Waals surface area (Å²) < 4.78 is 30.2. The molecule has 6 rings (SSSR count). The van der Waals surface area contributed by atoms with Crippen LogP contribution in [0.25, 0.3) is 22.5 Å². The number of nitrogens with two attached hydrogens (primary N) is 1. The number of pyridine rings is 1. The number of ether oxygens (including phenoxy) is 2. The minimum Gasteiger partial charge on any atom is -0.436 e. The monoisotopic (exact) mass is 524 g/mol. The van der Waals surface area contributed by atoms with Gasteiger partial charge in [-0.3, -0.25) is 4.68 Å². The molecule has 9 nitrogen and oxygen atoms in total. The van der Waals surface area contributed by atoms with Gasteiger partial charge in [-0.25, -0.2) is 14.1 Å². The highest BCUT2D eigenvalue weighted by Gasteiger charge is 2.35. The largest absolute Gasteiger partial charge is 0.436 e. The van der Waals surface area contributed by atoms with Gasteiger partial charge in [-0.05, 0) is 61.7 Å². The van der Waals surface area contributed by atoms with Gasteiger partial charge in [0.15, 0.2) is 12.0 Å². The molecule has 0 saturated carbocycles. The lowest BCUT2D eigenvalue weighted by molar-refractivity contribution is -0.0383. The third kappa shape index (κ3) is 5.85. The third-order valence-electron chi connectivity index (χ3n) is 6.20. The van der Waals surface area contributed by atoms with Gasteiger partial charge >= 0.3 is 0 Å². The fraction of sp³-hybridized carbons (Fsp3) is 0.346. The van der Waals surface area contributed by atoms with Gasteiger partial charge in [0.2, 0.25) is 0 Å². The number of aliphatic hydroxyl groups excluding tert-OH is 1. The minimum atomic E-state index is -0.543. The first-order chi connectivity index (χ1) is 18.1. The quantitative estimate of drug-likeness (QED) is 0.341. The fourth-order valence-corrected chi connectivity index (χ4v) is 4.88. The van der Waals surface area contributed by atoms with Crippen molar-refractivity contribution >= 4 is 11.8 Å². The standard InChI is InChI=1S/C25H25FN6O2S.CH4O/c26-19-13-17(21-8-10-29-32(21)23-3-1-2-12-33-23)14-28-25(19)34-18-6-4-16(5-7-18)20-9-11-31(30-20)15-22-24(27)35-22;1-2/h4-11,13-14,22-24H,1-3,12,15,27H2;2H,1H3. The molecule has 2 aliphatic heterocycles. The van der Waals surface area contributed by atoms with Gasteiger partial charge in [-0.1, -0.05) is 0 Å².